The first-order chi connectivity index (χ1) is 19.8. The molecule has 0 saturated heterocycles. The molecule has 0 amide bonds. The van der Waals surface area contributed by atoms with Crippen LogP contribution >= 0.6 is 0 Å². The summed E-state index contributed by atoms with van der Waals surface area (Å²) in [4.78, 5) is 40.3. The van der Waals surface area contributed by atoms with Crippen LogP contribution in [0.25, 0.3) is 0 Å². The molecule has 9 heteroatoms. The zero-order chi connectivity index (χ0) is 29.5. The number of aromatic carboxylic acids is 1. The lowest BCUT2D eigenvalue weighted by atomic mass is 9.81. The van der Waals surface area contributed by atoms with Crippen LogP contribution in [-0.2, 0) is 6.61 Å². The average Bonchev–Trinajstić information content (AvgIpc) is 2.99. The Hall–Kier alpha value is -5.31. The monoisotopic (exact) mass is 556 g/mol. The Morgan fingerprint density at radius 2 is 1.39 bits per heavy atom. The van der Waals surface area contributed by atoms with E-state index < -0.39 is 29.2 Å². The van der Waals surface area contributed by atoms with Crippen LogP contribution in [0.3, 0.4) is 0 Å². The van der Waals surface area contributed by atoms with Crippen LogP contribution in [0.2, 0.25) is 0 Å². The highest BCUT2D eigenvalue weighted by atomic mass is 16.5. The van der Waals surface area contributed by atoms with Gasteiger partial charge in [-0.3, -0.25) is 9.59 Å². The van der Waals surface area contributed by atoms with Crippen molar-refractivity contribution in [3.8, 4) is 28.7 Å². The number of phenols is 1. The van der Waals surface area contributed by atoms with E-state index in [1.54, 1.807) is 12.1 Å². The number of aromatic hydroxyl groups is 1. The summed E-state index contributed by atoms with van der Waals surface area (Å²) in [5.74, 6) is -4.16. The number of carboxylic acid groups (broad SMARTS) is 1. The van der Waals surface area contributed by atoms with E-state index in [9.17, 15) is 24.6 Å². The zero-order valence-corrected chi connectivity index (χ0v) is 22.6. The Kier molecular flexibility index (Phi) is 8.88. The highest BCUT2D eigenvalue weighted by Gasteiger charge is 2.37. The molecular formula is C32H28O9. The third kappa shape index (κ3) is 6.30. The van der Waals surface area contributed by atoms with Gasteiger partial charge in [-0.2, -0.15) is 0 Å². The number of ketones is 2. The third-order valence-corrected chi connectivity index (χ3v) is 6.47. The highest BCUT2D eigenvalue weighted by molar-refractivity contribution is 6.22. The van der Waals surface area contributed by atoms with Crippen molar-refractivity contribution in [2.24, 2.45) is 0 Å². The second kappa shape index (κ2) is 12.7. The molecule has 9 nitrogen and oxygen atoms in total. The molecule has 0 radical (unpaired) electrons. The molecule has 0 aliphatic carbocycles. The van der Waals surface area contributed by atoms with Gasteiger partial charge in [0.15, 0.2) is 11.6 Å². The molecule has 0 fully saturated rings. The Labute approximate surface area is 236 Å². The first-order valence-electron chi connectivity index (χ1n) is 12.5. The number of carbonyl (C=O) groups is 3. The molecule has 0 aliphatic heterocycles. The maximum Gasteiger partial charge on any atom is 0.336 e. The van der Waals surface area contributed by atoms with Crippen molar-refractivity contribution in [2.75, 3.05) is 21.3 Å². The average molecular weight is 557 g/mol. The molecule has 0 saturated carbocycles. The van der Waals surface area contributed by atoms with E-state index >= 15 is 0 Å². The van der Waals surface area contributed by atoms with Crippen LogP contribution in [-0.4, -0.2) is 49.1 Å². The van der Waals surface area contributed by atoms with Crippen LogP contribution in [0.5, 0.6) is 28.7 Å². The lowest BCUT2D eigenvalue weighted by Gasteiger charge is -2.21. The van der Waals surface area contributed by atoms with Crippen molar-refractivity contribution in [1.29, 1.82) is 0 Å². The number of rotatable bonds is 12. The van der Waals surface area contributed by atoms with Crippen molar-refractivity contribution in [3.63, 3.8) is 0 Å². The summed E-state index contributed by atoms with van der Waals surface area (Å²) in [6.07, 6.45) is 0. The zero-order valence-electron chi connectivity index (χ0n) is 22.6. The lowest BCUT2D eigenvalue weighted by Crippen LogP contribution is -2.25. The minimum Gasteiger partial charge on any atom is -0.507 e. The normalized spacial score (nSPS) is 11.3. The van der Waals surface area contributed by atoms with Crippen molar-refractivity contribution < 1.29 is 43.5 Å². The molecule has 41 heavy (non-hydrogen) atoms. The number of benzene rings is 4. The van der Waals surface area contributed by atoms with Gasteiger partial charge in [0.25, 0.3) is 0 Å². The molecule has 1 atom stereocenters. The van der Waals surface area contributed by atoms with Crippen LogP contribution in [0.1, 0.15) is 48.1 Å². The minimum atomic E-state index is -1.67. The Balaban J connectivity index is 1.82. The molecule has 0 aliphatic rings. The molecule has 0 spiro atoms. The second-order valence-electron chi connectivity index (χ2n) is 8.94. The molecule has 1 unspecified atom stereocenters. The summed E-state index contributed by atoms with van der Waals surface area (Å²) in [7, 11) is 4.16. The fourth-order valence-electron chi connectivity index (χ4n) is 4.38. The number of carboxylic acids is 1. The molecule has 0 heterocycles. The van der Waals surface area contributed by atoms with Gasteiger partial charge in [0, 0.05) is 17.7 Å². The Morgan fingerprint density at radius 3 is 2.00 bits per heavy atom. The van der Waals surface area contributed by atoms with E-state index in [-0.39, 0.29) is 46.1 Å². The van der Waals surface area contributed by atoms with Gasteiger partial charge in [0.2, 0.25) is 0 Å². The summed E-state index contributed by atoms with van der Waals surface area (Å²) in [6, 6.07) is 22.1. The third-order valence-electron chi connectivity index (χ3n) is 6.47. The molecule has 2 N–H and O–H groups in total. The van der Waals surface area contributed by atoms with Gasteiger partial charge < -0.3 is 29.2 Å². The summed E-state index contributed by atoms with van der Waals surface area (Å²) >= 11 is 0. The van der Waals surface area contributed by atoms with Gasteiger partial charge >= 0.3 is 5.97 Å². The minimum absolute atomic E-state index is 0.0506. The number of Topliss-reactive ketones (excluding diaryl/α,β-unsaturated/α-hetero) is 2. The lowest BCUT2D eigenvalue weighted by molar-refractivity contribution is 0.0695. The molecule has 0 aromatic heterocycles. The van der Waals surface area contributed by atoms with Crippen LogP contribution in [0.15, 0.2) is 84.9 Å². The van der Waals surface area contributed by atoms with Gasteiger partial charge in [-0.15, -0.1) is 0 Å². The molecule has 4 aromatic rings. The van der Waals surface area contributed by atoms with E-state index in [4.69, 9.17) is 18.9 Å². The van der Waals surface area contributed by atoms with E-state index in [2.05, 4.69) is 0 Å². The summed E-state index contributed by atoms with van der Waals surface area (Å²) in [6.45, 7) is 0.196. The van der Waals surface area contributed by atoms with Crippen LogP contribution in [0, 0.1) is 0 Å². The largest absolute Gasteiger partial charge is 0.507 e. The molecular weight excluding hydrogens is 528 g/mol. The topological polar surface area (TPSA) is 129 Å². The van der Waals surface area contributed by atoms with E-state index in [1.165, 1.54) is 63.8 Å². The molecule has 210 valence electrons. The predicted molar refractivity (Wildman–Crippen MR) is 150 cm³/mol. The number of methoxy groups -OCH3 is 3. The quantitative estimate of drug-likeness (QED) is 0.171. The Morgan fingerprint density at radius 1 is 0.732 bits per heavy atom. The number of hydrogen-bond donors (Lipinski definition) is 2. The van der Waals surface area contributed by atoms with Gasteiger partial charge in [-0.05, 0) is 53.6 Å². The number of hydrogen-bond acceptors (Lipinski definition) is 8. The van der Waals surface area contributed by atoms with Crippen molar-refractivity contribution in [3.05, 3.63) is 113 Å². The number of ether oxygens (including phenoxy) is 4. The van der Waals surface area contributed by atoms with Crippen LogP contribution < -0.4 is 18.9 Å². The van der Waals surface area contributed by atoms with E-state index in [1.807, 2.05) is 30.3 Å². The van der Waals surface area contributed by atoms with Crippen molar-refractivity contribution in [2.45, 2.75) is 12.5 Å². The van der Waals surface area contributed by atoms with E-state index in [0.29, 0.717) is 5.75 Å². The fraction of sp³-hybridized carbons (Fsp3) is 0.156. The van der Waals surface area contributed by atoms with Gasteiger partial charge in [-0.25, -0.2) is 4.79 Å². The molecule has 4 aromatic carbocycles. The number of phenolic OH excluding ortho intramolecular Hbond substituents is 1. The number of carbonyl (C=O) groups excluding carboxylic acids is 2. The van der Waals surface area contributed by atoms with E-state index in [0.717, 1.165) is 5.56 Å². The van der Waals surface area contributed by atoms with Gasteiger partial charge in [-0.1, -0.05) is 30.3 Å². The van der Waals surface area contributed by atoms with Crippen LogP contribution in [0.4, 0.5) is 0 Å². The summed E-state index contributed by atoms with van der Waals surface area (Å²) in [5, 5.41) is 20.9. The first-order valence-corrected chi connectivity index (χ1v) is 12.5. The maximum absolute atomic E-state index is 14.2. The standard InChI is InChI=1S/C32H28O9/c1-38-21-11-9-20(10-12-21)30(34)28(25-15-22(39-2)13-14-24(25)32(36)37)31(35)29-26(33)16-23(17-27(29)40-3)41-18-19-7-5-4-6-8-19/h4-17,28,33H,18H2,1-3H3,(H,36,37). The summed E-state index contributed by atoms with van der Waals surface area (Å²) in [5.41, 5.74) is 0.339. The highest BCUT2D eigenvalue weighted by Crippen LogP contribution is 2.39. The Bertz CT molecular complexity index is 1560. The van der Waals surface area contributed by atoms with Crippen molar-refractivity contribution in [1.82, 2.24) is 0 Å². The molecule has 4 rings (SSSR count). The molecule has 0 bridgehead atoms. The van der Waals surface area contributed by atoms with Crippen molar-refractivity contribution >= 4 is 17.5 Å². The SMILES string of the molecule is COc1ccc(C(=O)C(C(=O)c2c(O)cc(OCc3ccccc3)cc2OC)c2cc(OC)ccc2C(=O)O)cc1. The fourth-order valence-corrected chi connectivity index (χ4v) is 4.38. The first kappa shape index (κ1) is 28.7. The smallest absolute Gasteiger partial charge is 0.336 e. The predicted octanol–water partition coefficient (Wildman–Crippen LogP) is 5.54. The maximum atomic E-state index is 14.2. The summed E-state index contributed by atoms with van der Waals surface area (Å²) < 4.78 is 21.7. The van der Waals surface area contributed by atoms with Gasteiger partial charge in [0.05, 0.1) is 26.9 Å². The van der Waals surface area contributed by atoms with Gasteiger partial charge in [0.1, 0.15) is 46.8 Å². The second-order valence-corrected chi connectivity index (χ2v) is 8.94.